The number of hydrogen-bond acceptors (Lipinski definition) is 4. The quantitative estimate of drug-likeness (QED) is 0.772. The second kappa shape index (κ2) is 5.76. The lowest BCUT2D eigenvalue weighted by Gasteiger charge is -2.12. The number of benzene rings is 1. The predicted octanol–water partition coefficient (Wildman–Crippen LogP) is 1.97. The highest BCUT2D eigenvalue weighted by Crippen LogP contribution is 2.15. The largest absolute Gasteiger partial charge is 0.345 e. The van der Waals surface area contributed by atoms with Crippen molar-refractivity contribution in [3.8, 4) is 0 Å². The number of H-pyrrole nitrogens is 1. The second-order valence-electron chi connectivity index (χ2n) is 5.16. The van der Waals surface area contributed by atoms with Crippen molar-refractivity contribution in [2.45, 2.75) is 26.4 Å². The molecule has 0 saturated carbocycles. The van der Waals surface area contributed by atoms with E-state index >= 15 is 0 Å². The third kappa shape index (κ3) is 2.80. The summed E-state index contributed by atoms with van der Waals surface area (Å²) >= 11 is 1.10. The zero-order valence-corrected chi connectivity index (χ0v) is 13.1. The number of para-hydroxylation sites is 2. The molecule has 7 heteroatoms. The van der Waals surface area contributed by atoms with Crippen LogP contribution < -0.4 is 10.2 Å². The minimum absolute atomic E-state index is 0.0265. The Labute approximate surface area is 130 Å². The van der Waals surface area contributed by atoms with Crippen molar-refractivity contribution in [2.24, 2.45) is 0 Å². The Kier molecular flexibility index (Phi) is 3.81. The maximum atomic E-state index is 12.1. The molecule has 2 N–H and O–H groups in total. The fourth-order valence-electron chi connectivity index (χ4n) is 2.27. The van der Waals surface area contributed by atoms with Gasteiger partial charge in [0.05, 0.1) is 17.1 Å². The van der Waals surface area contributed by atoms with Crippen molar-refractivity contribution >= 4 is 28.3 Å². The normalized spacial score (nSPS) is 12.5. The van der Waals surface area contributed by atoms with Gasteiger partial charge in [-0.3, -0.25) is 14.2 Å². The fourth-order valence-corrected chi connectivity index (χ4v) is 3.01. The molecule has 0 unspecified atom stereocenters. The van der Waals surface area contributed by atoms with E-state index in [9.17, 15) is 9.59 Å². The van der Waals surface area contributed by atoms with Crippen LogP contribution in [0.1, 0.15) is 24.5 Å². The van der Waals surface area contributed by atoms with Gasteiger partial charge in [-0.25, -0.2) is 4.98 Å². The van der Waals surface area contributed by atoms with E-state index in [0.717, 1.165) is 28.1 Å². The predicted molar refractivity (Wildman–Crippen MR) is 86.0 cm³/mol. The number of nitrogens with one attached hydrogen (secondary N) is 2. The van der Waals surface area contributed by atoms with Gasteiger partial charge in [-0.15, -0.1) is 0 Å². The van der Waals surface area contributed by atoms with E-state index in [1.54, 1.807) is 5.38 Å². The van der Waals surface area contributed by atoms with Crippen molar-refractivity contribution in [1.29, 1.82) is 0 Å². The summed E-state index contributed by atoms with van der Waals surface area (Å²) in [5.74, 6) is 0.487. The van der Waals surface area contributed by atoms with Crippen LogP contribution in [-0.2, 0) is 11.3 Å². The number of rotatable bonds is 4. The molecule has 0 radical (unpaired) electrons. The summed E-state index contributed by atoms with van der Waals surface area (Å²) in [6.07, 6.45) is 0. The molecule has 0 aliphatic carbocycles. The molecule has 0 bridgehead atoms. The average molecular weight is 316 g/mol. The summed E-state index contributed by atoms with van der Waals surface area (Å²) < 4.78 is 1.46. The molecule has 2 aromatic heterocycles. The highest BCUT2D eigenvalue weighted by Gasteiger charge is 2.15. The Morgan fingerprint density at radius 1 is 1.45 bits per heavy atom. The summed E-state index contributed by atoms with van der Waals surface area (Å²) in [5.41, 5.74) is 2.59. The van der Waals surface area contributed by atoms with Crippen LogP contribution >= 0.6 is 11.3 Å². The number of thiazole rings is 1. The van der Waals surface area contributed by atoms with Gasteiger partial charge in [0.25, 0.3) is 0 Å². The number of fused-ring (bicyclic) bond motifs is 1. The first kappa shape index (κ1) is 14.5. The molecule has 0 saturated heterocycles. The molecular weight excluding hydrogens is 300 g/mol. The molecular formula is C15H16N4O2S. The van der Waals surface area contributed by atoms with E-state index in [1.165, 1.54) is 4.57 Å². The number of hydrogen-bond donors (Lipinski definition) is 2. The molecule has 0 fully saturated rings. The highest BCUT2D eigenvalue weighted by molar-refractivity contribution is 7.07. The van der Waals surface area contributed by atoms with Crippen LogP contribution in [0.2, 0.25) is 0 Å². The SMILES string of the molecule is Cc1csc(=O)n1CC(=O)N[C@@H](C)c1nc2ccccc2[nH]1. The van der Waals surface area contributed by atoms with Crippen LogP contribution in [-0.4, -0.2) is 20.4 Å². The van der Waals surface area contributed by atoms with Crippen molar-refractivity contribution in [3.63, 3.8) is 0 Å². The Hall–Kier alpha value is -2.41. The zero-order chi connectivity index (χ0) is 15.7. The number of aromatic amines is 1. The van der Waals surface area contributed by atoms with E-state index < -0.39 is 0 Å². The number of aromatic nitrogens is 3. The molecule has 22 heavy (non-hydrogen) atoms. The van der Waals surface area contributed by atoms with Crippen LogP contribution in [0.15, 0.2) is 34.4 Å². The third-order valence-corrected chi connectivity index (χ3v) is 4.35. The van der Waals surface area contributed by atoms with E-state index in [2.05, 4.69) is 15.3 Å². The van der Waals surface area contributed by atoms with Gasteiger partial charge in [0.15, 0.2) is 0 Å². The maximum Gasteiger partial charge on any atom is 0.307 e. The summed E-state index contributed by atoms with van der Waals surface area (Å²) in [6.45, 7) is 3.70. The molecule has 2 heterocycles. The minimum Gasteiger partial charge on any atom is -0.345 e. The van der Waals surface area contributed by atoms with Gasteiger partial charge >= 0.3 is 4.87 Å². The Balaban J connectivity index is 1.72. The Bertz CT molecular complexity index is 844. The number of imidazole rings is 1. The maximum absolute atomic E-state index is 12.1. The molecule has 1 aromatic carbocycles. The van der Waals surface area contributed by atoms with Crippen molar-refractivity contribution in [2.75, 3.05) is 0 Å². The second-order valence-corrected chi connectivity index (χ2v) is 5.98. The zero-order valence-electron chi connectivity index (χ0n) is 12.3. The summed E-state index contributed by atoms with van der Waals surface area (Å²) in [7, 11) is 0. The molecule has 3 rings (SSSR count). The summed E-state index contributed by atoms with van der Waals surface area (Å²) in [5, 5.41) is 4.61. The number of aryl methyl sites for hydroxylation is 1. The first-order valence-corrected chi connectivity index (χ1v) is 7.81. The summed E-state index contributed by atoms with van der Waals surface area (Å²) in [4.78, 5) is 31.3. The lowest BCUT2D eigenvalue weighted by atomic mass is 10.3. The summed E-state index contributed by atoms with van der Waals surface area (Å²) in [6, 6.07) is 7.45. The first-order chi connectivity index (χ1) is 10.5. The van der Waals surface area contributed by atoms with Crippen molar-refractivity contribution in [1.82, 2.24) is 19.9 Å². The van der Waals surface area contributed by atoms with E-state index in [4.69, 9.17) is 0 Å². The lowest BCUT2D eigenvalue weighted by molar-refractivity contribution is -0.122. The van der Waals surface area contributed by atoms with Crippen molar-refractivity contribution in [3.05, 3.63) is 50.8 Å². The number of carbonyl (C=O) groups excluding carboxylic acids is 1. The van der Waals surface area contributed by atoms with E-state index in [0.29, 0.717) is 5.82 Å². The molecule has 3 aromatic rings. The standard InChI is InChI=1S/C15H16N4O2S/c1-9-8-22-15(21)19(9)7-13(20)16-10(2)14-17-11-5-3-4-6-12(11)18-14/h3-6,8,10H,7H2,1-2H3,(H,16,20)(H,17,18)/t10-/m0/s1. The molecule has 0 aliphatic heterocycles. The smallest absolute Gasteiger partial charge is 0.307 e. The van der Waals surface area contributed by atoms with Crippen LogP contribution in [0.25, 0.3) is 11.0 Å². The molecule has 0 spiro atoms. The Morgan fingerprint density at radius 3 is 2.91 bits per heavy atom. The molecule has 0 aliphatic rings. The average Bonchev–Trinajstić information content (AvgIpc) is 3.05. The molecule has 6 nitrogen and oxygen atoms in total. The topological polar surface area (TPSA) is 79.8 Å². The number of carbonyl (C=O) groups is 1. The van der Waals surface area contributed by atoms with Gasteiger partial charge in [-0.2, -0.15) is 0 Å². The van der Waals surface area contributed by atoms with Gasteiger partial charge in [0, 0.05) is 11.1 Å². The van der Waals surface area contributed by atoms with Crippen molar-refractivity contribution < 1.29 is 4.79 Å². The van der Waals surface area contributed by atoms with Gasteiger partial charge < -0.3 is 10.3 Å². The molecule has 1 atom stereocenters. The fraction of sp³-hybridized carbons (Fsp3) is 0.267. The van der Waals surface area contributed by atoms with Crippen LogP contribution in [0.4, 0.5) is 0 Å². The Morgan fingerprint density at radius 2 is 2.23 bits per heavy atom. The van der Waals surface area contributed by atoms with Gasteiger partial charge in [-0.05, 0) is 26.0 Å². The van der Waals surface area contributed by atoms with Crippen LogP contribution in [0.3, 0.4) is 0 Å². The van der Waals surface area contributed by atoms with Crippen LogP contribution in [0.5, 0.6) is 0 Å². The van der Waals surface area contributed by atoms with E-state index in [-0.39, 0.29) is 23.4 Å². The van der Waals surface area contributed by atoms with Gasteiger partial charge in [0.2, 0.25) is 5.91 Å². The van der Waals surface area contributed by atoms with Crippen LogP contribution in [0, 0.1) is 6.92 Å². The lowest BCUT2D eigenvalue weighted by Crippen LogP contribution is -2.33. The monoisotopic (exact) mass is 316 g/mol. The van der Waals surface area contributed by atoms with Gasteiger partial charge in [-0.1, -0.05) is 23.5 Å². The number of nitrogens with zero attached hydrogens (tertiary/aromatic N) is 2. The van der Waals surface area contributed by atoms with Gasteiger partial charge in [0.1, 0.15) is 12.4 Å². The minimum atomic E-state index is -0.255. The first-order valence-electron chi connectivity index (χ1n) is 6.93. The third-order valence-electron chi connectivity index (χ3n) is 3.47. The highest BCUT2D eigenvalue weighted by atomic mass is 32.1. The molecule has 114 valence electrons. The van der Waals surface area contributed by atoms with E-state index in [1.807, 2.05) is 38.1 Å². The number of amides is 1. The molecule has 1 amide bonds.